The van der Waals surface area contributed by atoms with Gasteiger partial charge < -0.3 is 5.32 Å². The van der Waals surface area contributed by atoms with E-state index in [9.17, 15) is 18.0 Å². The number of benzene rings is 2. The number of aryl methyl sites for hydroxylation is 2. The van der Waals surface area contributed by atoms with E-state index in [0.29, 0.717) is 22.9 Å². The minimum Gasteiger partial charge on any atom is -0.324 e. The molecule has 3 rings (SSSR count). The maximum absolute atomic E-state index is 12.5. The van der Waals surface area contributed by atoms with Crippen molar-refractivity contribution in [2.75, 3.05) is 22.4 Å². The number of anilines is 2. The Morgan fingerprint density at radius 1 is 1.24 bits per heavy atom. The summed E-state index contributed by atoms with van der Waals surface area (Å²) in [6.07, 6.45) is 1.03. The number of nitrogens with one attached hydrogen (secondary N) is 1. The molecule has 0 aliphatic carbocycles. The highest BCUT2D eigenvalue weighted by atomic mass is 35.5. The molecule has 29 heavy (non-hydrogen) atoms. The van der Waals surface area contributed by atoms with E-state index in [1.54, 1.807) is 41.8 Å². The highest BCUT2D eigenvalue weighted by molar-refractivity contribution is 7.92. The minimum absolute atomic E-state index is 0.0644. The summed E-state index contributed by atoms with van der Waals surface area (Å²) >= 11 is 7.21. The van der Waals surface area contributed by atoms with Crippen LogP contribution >= 0.6 is 22.9 Å². The van der Waals surface area contributed by atoms with Gasteiger partial charge in [0.2, 0.25) is 15.9 Å². The van der Waals surface area contributed by atoms with Gasteiger partial charge >= 0.3 is 4.87 Å². The van der Waals surface area contributed by atoms with Crippen molar-refractivity contribution in [1.29, 1.82) is 0 Å². The number of nitrogens with zero attached hydrogens (tertiary/aromatic N) is 2. The summed E-state index contributed by atoms with van der Waals surface area (Å²) < 4.78 is 27.9. The highest BCUT2D eigenvalue weighted by Crippen LogP contribution is 2.25. The topological polar surface area (TPSA) is 88.5 Å². The Kier molecular flexibility index (Phi) is 6.02. The molecule has 0 saturated carbocycles. The maximum Gasteiger partial charge on any atom is 0.308 e. The number of carbonyl (C=O) groups is 1. The number of hydrogen-bond acceptors (Lipinski definition) is 5. The summed E-state index contributed by atoms with van der Waals surface area (Å²) in [5.74, 6) is -0.506. The van der Waals surface area contributed by atoms with Crippen LogP contribution < -0.4 is 14.5 Å². The number of hydrogen-bond donors (Lipinski definition) is 1. The molecule has 0 radical (unpaired) electrons. The summed E-state index contributed by atoms with van der Waals surface area (Å²) in [5, 5.41) is 3.11. The van der Waals surface area contributed by atoms with E-state index in [1.165, 1.54) is 6.07 Å². The van der Waals surface area contributed by atoms with Crippen LogP contribution in [0.15, 0.2) is 41.2 Å². The zero-order valence-corrected chi connectivity index (χ0v) is 18.5. The average molecular weight is 454 g/mol. The van der Waals surface area contributed by atoms with E-state index in [-0.39, 0.29) is 4.87 Å². The number of thiazole rings is 1. The third-order valence-corrected chi connectivity index (χ3v) is 6.89. The van der Waals surface area contributed by atoms with Gasteiger partial charge in [0.05, 0.1) is 22.2 Å². The first-order chi connectivity index (χ1) is 13.6. The van der Waals surface area contributed by atoms with E-state index in [1.807, 2.05) is 6.92 Å². The fourth-order valence-electron chi connectivity index (χ4n) is 2.91. The number of carbonyl (C=O) groups excluding carboxylic acids is 1. The molecule has 2 aromatic carbocycles. The van der Waals surface area contributed by atoms with Gasteiger partial charge in [-0.15, -0.1) is 0 Å². The number of aromatic nitrogens is 1. The fraction of sp³-hybridized carbons (Fsp3) is 0.263. The third-order valence-electron chi connectivity index (χ3n) is 4.40. The van der Waals surface area contributed by atoms with Crippen LogP contribution in [0.1, 0.15) is 12.5 Å². The molecule has 0 fully saturated rings. The van der Waals surface area contributed by atoms with Crippen molar-refractivity contribution in [2.24, 2.45) is 0 Å². The highest BCUT2D eigenvalue weighted by Gasteiger charge is 2.21. The van der Waals surface area contributed by atoms with Gasteiger partial charge in [-0.25, -0.2) is 8.42 Å². The second kappa shape index (κ2) is 8.17. The van der Waals surface area contributed by atoms with Gasteiger partial charge in [-0.3, -0.25) is 18.5 Å². The lowest BCUT2D eigenvalue weighted by atomic mass is 10.2. The molecule has 0 spiro atoms. The van der Waals surface area contributed by atoms with Gasteiger partial charge in [0.1, 0.15) is 6.54 Å². The summed E-state index contributed by atoms with van der Waals surface area (Å²) in [7, 11) is -3.70. The van der Waals surface area contributed by atoms with Gasteiger partial charge in [-0.2, -0.15) is 0 Å². The molecular formula is C19H20ClN3O4S2. The van der Waals surface area contributed by atoms with Crippen LogP contribution in [0.5, 0.6) is 0 Å². The van der Waals surface area contributed by atoms with Crippen LogP contribution in [0.25, 0.3) is 10.2 Å². The predicted octanol–water partition coefficient (Wildman–Crippen LogP) is 3.45. The van der Waals surface area contributed by atoms with Crippen molar-refractivity contribution in [2.45, 2.75) is 20.4 Å². The van der Waals surface area contributed by atoms with Gasteiger partial charge in [0, 0.05) is 17.3 Å². The lowest BCUT2D eigenvalue weighted by Crippen LogP contribution is -2.37. The van der Waals surface area contributed by atoms with Crippen LogP contribution in [-0.4, -0.2) is 31.7 Å². The Hall–Kier alpha value is -2.36. The number of sulfonamides is 1. The van der Waals surface area contributed by atoms with Gasteiger partial charge in [0.15, 0.2) is 0 Å². The van der Waals surface area contributed by atoms with Crippen molar-refractivity contribution >= 4 is 60.5 Å². The second-order valence-corrected chi connectivity index (χ2v) is 9.85. The molecule has 0 saturated heterocycles. The molecular weight excluding hydrogens is 434 g/mol. The summed E-state index contributed by atoms with van der Waals surface area (Å²) in [5.41, 5.74) is 2.40. The monoisotopic (exact) mass is 453 g/mol. The van der Waals surface area contributed by atoms with Crippen molar-refractivity contribution in [1.82, 2.24) is 4.57 Å². The molecule has 1 amide bonds. The molecule has 1 heterocycles. The smallest absolute Gasteiger partial charge is 0.308 e. The first-order valence-electron chi connectivity index (χ1n) is 8.77. The zero-order valence-electron chi connectivity index (χ0n) is 16.1. The largest absolute Gasteiger partial charge is 0.324 e. The summed E-state index contributed by atoms with van der Waals surface area (Å²) in [6, 6.07) is 9.97. The Morgan fingerprint density at radius 3 is 2.59 bits per heavy atom. The molecule has 10 heteroatoms. The first kappa shape index (κ1) is 21.4. The minimum atomic E-state index is -3.70. The van der Waals surface area contributed by atoms with E-state index >= 15 is 0 Å². The predicted molar refractivity (Wildman–Crippen MR) is 119 cm³/mol. The van der Waals surface area contributed by atoms with Crippen molar-refractivity contribution in [3.63, 3.8) is 0 Å². The van der Waals surface area contributed by atoms with Gasteiger partial charge in [-0.1, -0.05) is 29.0 Å². The molecule has 0 unspecified atom stereocenters. The Morgan fingerprint density at radius 2 is 1.97 bits per heavy atom. The fourth-order valence-corrected chi connectivity index (χ4v) is 4.93. The van der Waals surface area contributed by atoms with Crippen LogP contribution in [-0.2, 0) is 21.4 Å². The zero-order chi connectivity index (χ0) is 21.3. The normalized spacial score (nSPS) is 11.6. The number of amides is 1. The Bertz CT molecular complexity index is 1250. The molecule has 154 valence electrons. The van der Waals surface area contributed by atoms with E-state index in [4.69, 9.17) is 11.6 Å². The van der Waals surface area contributed by atoms with Gasteiger partial charge in [-0.05, 0) is 49.7 Å². The van der Waals surface area contributed by atoms with Crippen LogP contribution in [0.2, 0.25) is 5.02 Å². The van der Waals surface area contributed by atoms with Crippen molar-refractivity contribution in [3.05, 3.63) is 56.7 Å². The summed E-state index contributed by atoms with van der Waals surface area (Å²) in [6.45, 7) is 3.86. The molecule has 0 bridgehead atoms. The molecule has 0 aliphatic heterocycles. The van der Waals surface area contributed by atoms with Crippen LogP contribution in [0.4, 0.5) is 11.4 Å². The lowest BCUT2D eigenvalue weighted by molar-refractivity contribution is -0.114. The Balaban J connectivity index is 1.84. The van der Waals surface area contributed by atoms with Crippen molar-refractivity contribution < 1.29 is 13.2 Å². The van der Waals surface area contributed by atoms with Gasteiger partial charge in [0.25, 0.3) is 0 Å². The lowest BCUT2D eigenvalue weighted by Gasteiger charge is -2.22. The number of fused-ring (bicyclic) bond motifs is 1. The molecule has 7 nitrogen and oxygen atoms in total. The number of rotatable bonds is 6. The third kappa shape index (κ3) is 4.63. The van der Waals surface area contributed by atoms with Crippen molar-refractivity contribution in [3.8, 4) is 0 Å². The average Bonchev–Trinajstić information content (AvgIpc) is 2.95. The second-order valence-electron chi connectivity index (χ2n) is 6.55. The van der Waals surface area contributed by atoms with E-state index in [2.05, 4.69) is 5.32 Å². The number of halogens is 1. The van der Waals surface area contributed by atoms with E-state index < -0.39 is 22.5 Å². The summed E-state index contributed by atoms with van der Waals surface area (Å²) in [4.78, 5) is 24.5. The quantitative estimate of drug-likeness (QED) is 0.619. The maximum atomic E-state index is 12.5. The first-order valence-corrected chi connectivity index (χ1v) is 11.8. The molecule has 0 aliphatic rings. The van der Waals surface area contributed by atoms with Crippen LogP contribution in [0, 0.1) is 6.92 Å². The Labute approximate surface area is 177 Å². The molecule has 0 atom stereocenters. The molecule has 1 N–H and O–H groups in total. The molecule has 1 aromatic heterocycles. The van der Waals surface area contributed by atoms with Crippen LogP contribution in [0.3, 0.4) is 0 Å². The molecule has 3 aromatic rings. The standard InChI is InChI=1S/C19H20ClN3O4S2/c1-4-22-16-8-6-13(9-17(16)28-19(22)25)21-18(24)11-23(29(3,26)27)14-7-5-12(2)15(20)10-14/h5-10H,4,11H2,1-3H3,(H,21,24). The SMILES string of the molecule is CCn1c(=O)sc2cc(NC(=O)CN(c3ccc(C)c(Cl)c3)S(C)(=O)=O)ccc21. The van der Waals surface area contributed by atoms with E-state index in [0.717, 1.165) is 37.7 Å².